The molecule has 5 heteroatoms. The SMILES string of the molecule is CNS(=O)(=O)CCNC(C)CCc1cccc(C)c1. The molecule has 19 heavy (non-hydrogen) atoms. The van der Waals surface area contributed by atoms with Gasteiger partial charge >= 0.3 is 0 Å². The molecular weight excluding hydrogens is 260 g/mol. The van der Waals surface area contributed by atoms with Crippen LogP contribution in [0.2, 0.25) is 0 Å². The Hall–Kier alpha value is -0.910. The van der Waals surface area contributed by atoms with Gasteiger partial charge in [-0.3, -0.25) is 0 Å². The lowest BCUT2D eigenvalue weighted by Crippen LogP contribution is -2.34. The van der Waals surface area contributed by atoms with Crippen LogP contribution in [0.1, 0.15) is 24.5 Å². The van der Waals surface area contributed by atoms with Gasteiger partial charge in [-0.05, 0) is 39.3 Å². The average molecular weight is 284 g/mol. The molecule has 1 rings (SSSR count). The van der Waals surface area contributed by atoms with Crippen LogP contribution >= 0.6 is 0 Å². The third-order valence-corrected chi connectivity index (χ3v) is 4.49. The molecule has 1 unspecified atom stereocenters. The number of hydrogen-bond donors (Lipinski definition) is 2. The van der Waals surface area contributed by atoms with Crippen LogP contribution in [0.5, 0.6) is 0 Å². The Morgan fingerprint density at radius 3 is 2.68 bits per heavy atom. The number of sulfonamides is 1. The smallest absolute Gasteiger partial charge is 0.212 e. The summed E-state index contributed by atoms with van der Waals surface area (Å²) in [6, 6.07) is 8.80. The van der Waals surface area contributed by atoms with E-state index in [2.05, 4.69) is 48.2 Å². The molecule has 108 valence electrons. The number of nitrogens with one attached hydrogen (secondary N) is 2. The van der Waals surface area contributed by atoms with Gasteiger partial charge in [-0.2, -0.15) is 0 Å². The number of rotatable bonds is 8. The lowest BCUT2D eigenvalue weighted by atomic mass is 10.0. The molecule has 0 aliphatic heterocycles. The van der Waals surface area contributed by atoms with Gasteiger partial charge in [0.05, 0.1) is 5.75 Å². The molecule has 1 aromatic carbocycles. The molecule has 0 bridgehead atoms. The molecule has 1 aromatic rings. The summed E-state index contributed by atoms with van der Waals surface area (Å²) in [4.78, 5) is 0. The molecule has 0 heterocycles. The number of benzene rings is 1. The first-order chi connectivity index (χ1) is 8.93. The Kier molecular flexibility index (Phi) is 6.48. The molecule has 0 aliphatic carbocycles. The maximum atomic E-state index is 11.2. The van der Waals surface area contributed by atoms with E-state index in [0.717, 1.165) is 12.8 Å². The van der Waals surface area contributed by atoms with Crippen molar-refractivity contribution in [2.75, 3.05) is 19.3 Å². The van der Waals surface area contributed by atoms with E-state index in [1.807, 2.05) is 0 Å². The molecule has 0 radical (unpaired) electrons. The molecule has 4 nitrogen and oxygen atoms in total. The van der Waals surface area contributed by atoms with Crippen LogP contribution in [0.3, 0.4) is 0 Å². The van der Waals surface area contributed by atoms with Crippen molar-refractivity contribution in [1.29, 1.82) is 0 Å². The molecule has 0 spiro atoms. The van der Waals surface area contributed by atoms with Crippen LogP contribution < -0.4 is 10.0 Å². The van der Waals surface area contributed by atoms with Gasteiger partial charge in [-0.15, -0.1) is 0 Å². The largest absolute Gasteiger partial charge is 0.313 e. The van der Waals surface area contributed by atoms with E-state index in [-0.39, 0.29) is 5.75 Å². The number of hydrogen-bond acceptors (Lipinski definition) is 3. The minimum absolute atomic E-state index is 0.123. The molecular formula is C14H24N2O2S. The van der Waals surface area contributed by atoms with Crippen molar-refractivity contribution in [2.45, 2.75) is 32.7 Å². The van der Waals surface area contributed by atoms with Crippen molar-refractivity contribution in [1.82, 2.24) is 10.0 Å². The zero-order valence-electron chi connectivity index (χ0n) is 11.9. The van der Waals surface area contributed by atoms with Crippen molar-refractivity contribution in [3.63, 3.8) is 0 Å². The second kappa shape index (κ2) is 7.62. The van der Waals surface area contributed by atoms with E-state index in [9.17, 15) is 8.42 Å². The summed E-state index contributed by atoms with van der Waals surface area (Å²) in [7, 11) is -1.66. The first-order valence-electron chi connectivity index (χ1n) is 6.63. The summed E-state index contributed by atoms with van der Waals surface area (Å²) in [6.07, 6.45) is 2.01. The maximum Gasteiger partial charge on any atom is 0.212 e. The molecule has 0 saturated carbocycles. The molecule has 2 N–H and O–H groups in total. The normalized spacial score (nSPS) is 13.4. The fourth-order valence-corrected chi connectivity index (χ4v) is 2.49. The minimum atomic E-state index is -3.10. The molecule has 1 atom stereocenters. The predicted molar refractivity (Wildman–Crippen MR) is 79.8 cm³/mol. The Morgan fingerprint density at radius 2 is 2.05 bits per heavy atom. The highest BCUT2D eigenvalue weighted by Crippen LogP contribution is 2.07. The Morgan fingerprint density at radius 1 is 1.32 bits per heavy atom. The standard InChI is InChI=1S/C14H24N2O2S/c1-12-5-4-6-14(11-12)8-7-13(2)16-9-10-19(17,18)15-3/h4-6,11,13,15-16H,7-10H2,1-3H3. The van der Waals surface area contributed by atoms with Crippen LogP contribution in [0, 0.1) is 6.92 Å². The fraction of sp³-hybridized carbons (Fsp3) is 0.571. The van der Waals surface area contributed by atoms with Gasteiger partial charge in [-0.1, -0.05) is 29.8 Å². The highest BCUT2D eigenvalue weighted by atomic mass is 32.2. The maximum absolute atomic E-state index is 11.2. The van der Waals surface area contributed by atoms with Crippen LogP contribution in [-0.4, -0.2) is 33.8 Å². The molecule has 0 aliphatic rings. The first-order valence-corrected chi connectivity index (χ1v) is 8.28. The summed E-state index contributed by atoms with van der Waals surface area (Å²) < 4.78 is 24.8. The van der Waals surface area contributed by atoms with E-state index in [1.54, 1.807) is 0 Å². The zero-order chi connectivity index (χ0) is 14.3. The van der Waals surface area contributed by atoms with Crippen LogP contribution in [0.4, 0.5) is 0 Å². The quantitative estimate of drug-likeness (QED) is 0.760. The summed E-state index contributed by atoms with van der Waals surface area (Å²) in [6.45, 7) is 4.66. The number of aryl methyl sites for hydroxylation is 2. The topological polar surface area (TPSA) is 58.2 Å². The van der Waals surface area contributed by atoms with Gasteiger partial charge in [0, 0.05) is 12.6 Å². The van der Waals surface area contributed by atoms with Gasteiger partial charge in [0.1, 0.15) is 0 Å². The zero-order valence-corrected chi connectivity index (χ0v) is 12.8. The van der Waals surface area contributed by atoms with Gasteiger partial charge in [0.15, 0.2) is 0 Å². The van der Waals surface area contributed by atoms with Gasteiger partial charge in [0.25, 0.3) is 0 Å². The van der Waals surface area contributed by atoms with E-state index in [4.69, 9.17) is 0 Å². The molecule has 0 amide bonds. The van der Waals surface area contributed by atoms with E-state index >= 15 is 0 Å². The van der Waals surface area contributed by atoms with Crippen molar-refractivity contribution in [2.24, 2.45) is 0 Å². The Balaban J connectivity index is 2.27. The Bertz CT molecular complexity index is 486. The fourth-order valence-electron chi connectivity index (χ4n) is 1.89. The summed E-state index contributed by atoms with van der Waals surface area (Å²) in [5.41, 5.74) is 2.61. The first kappa shape index (κ1) is 16.1. The van der Waals surface area contributed by atoms with Crippen molar-refractivity contribution in [3.8, 4) is 0 Å². The van der Waals surface area contributed by atoms with Crippen molar-refractivity contribution in [3.05, 3.63) is 35.4 Å². The second-order valence-corrected chi connectivity index (χ2v) is 6.95. The van der Waals surface area contributed by atoms with Crippen LogP contribution in [0.25, 0.3) is 0 Å². The monoisotopic (exact) mass is 284 g/mol. The summed E-state index contributed by atoms with van der Waals surface area (Å²) in [5.74, 6) is 0.123. The molecule has 0 fully saturated rings. The highest BCUT2D eigenvalue weighted by Gasteiger charge is 2.08. The Labute approximate surface area is 116 Å². The predicted octanol–water partition coefficient (Wildman–Crippen LogP) is 1.45. The van der Waals surface area contributed by atoms with Crippen molar-refractivity contribution >= 4 is 10.0 Å². The average Bonchev–Trinajstić information content (AvgIpc) is 2.36. The lowest BCUT2D eigenvalue weighted by molar-refractivity contribution is 0.524. The van der Waals surface area contributed by atoms with Crippen LogP contribution in [0.15, 0.2) is 24.3 Å². The third-order valence-electron chi connectivity index (χ3n) is 3.12. The van der Waals surface area contributed by atoms with Gasteiger partial charge in [-0.25, -0.2) is 13.1 Å². The second-order valence-electron chi connectivity index (χ2n) is 4.91. The van der Waals surface area contributed by atoms with Crippen molar-refractivity contribution < 1.29 is 8.42 Å². The van der Waals surface area contributed by atoms with E-state index < -0.39 is 10.0 Å². The van der Waals surface area contributed by atoms with E-state index in [1.165, 1.54) is 18.2 Å². The van der Waals surface area contributed by atoms with E-state index in [0.29, 0.717) is 12.6 Å². The summed E-state index contributed by atoms with van der Waals surface area (Å²) in [5, 5.41) is 3.24. The van der Waals surface area contributed by atoms with Crippen LogP contribution in [-0.2, 0) is 16.4 Å². The molecule has 0 saturated heterocycles. The lowest BCUT2D eigenvalue weighted by Gasteiger charge is -2.13. The third kappa shape index (κ3) is 6.71. The summed E-state index contributed by atoms with van der Waals surface area (Å²) >= 11 is 0. The molecule has 0 aromatic heterocycles. The van der Waals surface area contributed by atoms with Gasteiger partial charge in [0.2, 0.25) is 10.0 Å². The van der Waals surface area contributed by atoms with Gasteiger partial charge < -0.3 is 5.32 Å². The minimum Gasteiger partial charge on any atom is -0.313 e. The highest BCUT2D eigenvalue weighted by molar-refractivity contribution is 7.89.